The quantitative estimate of drug-likeness (QED) is 0.283. The SMILES string of the molecule is O=C[C@@](O)(Br)[C@](O)(Br)[C@@](O)(Br)[C@H](O)CO. The molecule has 0 aromatic heterocycles. The second kappa shape index (κ2) is 5.05. The van der Waals surface area contributed by atoms with Gasteiger partial charge in [0.2, 0.25) is 9.02 Å². The molecule has 5 N–H and O–H groups in total. The minimum Gasteiger partial charge on any atom is -0.394 e. The average molecular weight is 417 g/mol. The molecule has 0 aliphatic carbocycles. The number of halogens is 3. The van der Waals surface area contributed by atoms with Crippen molar-refractivity contribution in [3.05, 3.63) is 0 Å². The van der Waals surface area contributed by atoms with Crippen LogP contribution >= 0.6 is 47.8 Å². The molecule has 90 valence electrons. The van der Waals surface area contributed by atoms with Crippen molar-refractivity contribution in [3.63, 3.8) is 0 Å². The average Bonchev–Trinajstić information content (AvgIpc) is 2.15. The Hall–Kier alpha value is 0.910. The van der Waals surface area contributed by atoms with Crippen molar-refractivity contribution in [1.82, 2.24) is 0 Å². The van der Waals surface area contributed by atoms with Gasteiger partial charge in [-0.2, -0.15) is 0 Å². The number of aliphatic hydroxyl groups excluding tert-OH is 2. The highest BCUT2D eigenvalue weighted by molar-refractivity contribution is 9.14. The maximum Gasteiger partial charge on any atom is 0.218 e. The van der Waals surface area contributed by atoms with Crippen LogP contribution in [0.4, 0.5) is 0 Å². The number of aldehydes is 1. The van der Waals surface area contributed by atoms with E-state index in [4.69, 9.17) is 5.11 Å². The topological polar surface area (TPSA) is 118 Å². The Morgan fingerprint density at radius 1 is 1.20 bits per heavy atom. The molecule has 0 fully saturated rings. The molecule has 0 spiro atoms. The highest BCUT2D eigenvalue weighted by atomic mass is 79.9. The van der Waals surface area contributed by atoms with Gasteiger partial charge in [-0.25, -0.2) is 0 Å². The number of aliphatic hydroxyl groups is 5. The first-order valence-electron chi connectivity index (χ1n) is 3.53. The molecule has 0 aliphatic rings. The van der Waals surface area contributed by atoms with Crippen molar-refractivity contribution in [2.45, 2.75) is 19.6 Å². The van der Waals surface area contributed by atoms with Crippen molar-refractivity contribution < 1.29 is 30.3 Å². The van der Waals surface area contributed by atoms with Crippen molar-refractivity contribution in [2.24, 2.45) is 0 Å². The standard InChI is InChI=1S/C6H9Br3O6/c7-4(13,2-11)6(9,15)5(8,14)3(12)1-10/h2-3,10,12-15H,1H2/t3-,4+,5-,6-/m1/s1. The molecule has 0 saturated carbocycles. The summed E-state index contributed by atoms with van der Waals surface area (Å²) >= 11 is 7.44. The number of carbonyl (C=O) groups is 1. The fourth-order valence-electron chi connectivity index (χ4n) is 0.666. The van der Waals surface area contributed by atoms with E-state index in [1.54, 1.807) is 0 Å². The van der Waals surface area contributed by atoms with E-state index in [1.807, 2.05) is 0 Å². The van der Waals surface area contributed by atoms with Crippen molar-refractivity contribution in [2.75, 3.05) is 6.61 Å². The smallest absolute Gasteiger partial charge is 0.218 e. The molecule has 0 aromatic rings. The van der Waals surface area contributed by atoms with Gasteiger partial charge in [0, 0.05) is 0 Å². The zero-order chi connectivity index (χ0) is 12.5. The summed E-state index contributed by atoms with van der Waals surface area (Å²) in [6, 6.07) is 0. The Labute approximate surface area is 110 Å². The molecular weight excluding hydrogens is 408 g/mol. The summed E-state index contributed by atoms with van der Waals surface area (Å²) in [7, 11) is 0. The van der Waals surface area contributed by atoms with Crippen molar-refractivity contribution in [1.29, 1.82) is 0 Å². The van der Waals surface area contributed by atoms with Crippen molar-refractivity contribution >= 4 is 54.1 Å². The van der Waals surface area contributed by atoms with Gasteiger partial charge >= 0.3 is 0 Å². The Kier molecular flexibility index (Phi) is 5.35. The van der Waals surface area contributed by atoms with Crippen LogP contribution in [0.15, 0.2) is 0 Å². The monoisotopic (exact) mass is 414 g/mol. The lowest BCUT2D eigenvalue weighted by molar-refractivity contribution is -0.159. The third kappa shape index (κ3) is 2.78. The minimum atomic E-state index is -2.66. The van der Waals surface area contributed by atoms with Crippen LogP contribution < -0.4 is 0 Å². The Balaban J connectivity index is 5.26. The minimum absolute atomic E-state index is 0.0991. The van der Waals surface area contributed by atoms with E-state index in [0.29, 0.717) is 0 Å². The summed E-state index contributed by atoms with van der Waals surface area (Å²) in [4.78, 5) is 10.5. The summed E-state index contributed by atoms with van der Waals surface area (Å²) in [6.45, 7) is -0.905. The highest BCUT2D eigenvalue weighted by Gasteiger charge is 2.62. The van der Waals surface area contributed by atoms with Gasteiger partial charge in [-0.3, -0.25) is 4.79 Å². The molecule has 4 atom stereocenters. The molecule has 0 unspecified atom stereocenters. The summed E-state index contributed by atoms with van der Waals surface area (Å²) in [5.74, 6) is 0. The molecule has 0 saturated heterocycles. The normalized spacial score (nSPS) is 25.9. The van der Waals surface area contributed by atoms with Crippen molar-refractivity contribution in [3.8, 4) is 0 Å². The van der Waals surface area contributed by atoms with Crippen LogP contribution in [0.5, 0.6) is 0 Å². The van der Waals surface area contributed by atoms with Gasteiger partial charge in [0.25, 0.3) is 0 Å². The number of carbonyl (C=O) groups excluding carboxylic acids is 1. The van der Waals surface area contributed by atoms with Crippen LogP contribution in [-0.4, -0.2) is 58.1 Å². The molecule has 0 amide bonds. The van der Waals surface area contributed by atoms with Gasteiger partial charge in [-0.1, -0.05) is 0 Å². The van der Waals surface area contributed by atoms with E-state index in [-0.39, 0.29) is 6.29 Å². The maximum absolute atomic E-state index is 10.5. The molecule has 0 rings (SSSR count). The number of alkyl halides is 3. The lowest BCUT2D eigenvalue weighted by Crippen LogP contribution is -2.64. The zero-order valence-corrected chi connectivity index (χ0v) is 11.9. The summed E-state index contributed by atoms with van der Waals surface area (Å²) in [5.41, 5.74) is 0. The van der Waals surface area contributed by atoms with E-state index < -0.39 is 26.2 Å². The van der Waals surface area contributed by atoms with Gasteiger partial charge in [-0.15, -0.1) is 0 Å². The van der Waals surface area contributed by atoms with E-state index in [9.17, 15) is 25.2 Å². The van der Waals surface area contributed by atoms with E-state index in [2.05, 4.69) is 47.8 Å². The van der Waals surface area contributed by atoms with Gasteiger partial charge in [0.05, 0.1) is 6.61 Å². The summed E-state index contributed by atoms with van der Waals surface area (Å²) in [5, 5.41) is 46.5. The fraction of sp³-hybridized carbons (Fsp3) is 0.833. The molecule has 0 aromatic carbocycles. The summed E-state index contributed by atoms with van der Waals surface area (Å²) < 4.78 is -7.76. The van der Waals surface area contributed by atoms with Crippen LogP contribution in [0.25, 0.3) is 0 Å². The van der Waals surface area contributed by atoms with Gasteiger partial charge in [0.1, 0.15) is 6.10 Å². The van der Waals surface area contributed by atoms with Gasteiger partial charge in [-0.05, 0) is 47.8 Å². The van der Waals surface area contributed by atoms with E-state index in [1.165, 1.54) is 0 Å². The number of rotatable bonds is 5. The van der Waals surface area contributed by atoms with Crippen LogP contribution in [0.2, 0.25) is 0 Å². The van der Waals surface area contributed by atoms with E-state index >= 15 is 0 Å². The predicted molar refractivity (Wildman–Crippen MR) is 60.8 cm³/mol. The van der Waals surface area contributed by atoms with Gasteiger partial charge in [0.15, 0.2) is 10.8 Å². The Bertz CT molecular complexity index is 241. The highest BCUT2D eigenvalue weighted by Crippen LogP contribution is 2.46. The largest absolute Gasteiger partial charge is 0.394 e. The lowest BCUT2D eigenvalue weighted by Gasteiger charge is -2.42. The molecule has 9 heteroatoms. The predicted octanol–water partition coefficient (Wildman–Crippen LogP) is -1.21. The third-order valence-corrected chi connectivity index (χ3v) is 5.84. The molecule has 6 nitrogen and oxygen atoms in total. The maximum atomic E-state index is 10.5. The first kappa shape index (κ1) is 15.9. The second-order valence-corrected chi connectivity index (χ2v) is 6.35. The van der Waals surface area contributed by atoms with E-state index in [0.717, 1.165) is 0 Å². The molecule has 0 heterocycles. The number of hydrogen-bond donors (Lipinski definition) is 5. The third-order valence-electron chi connectivity index (χ3n) is 1.70. The fourth-order valence-corrected chi connectivity index (χ4v) is 2.04. The van der Waals surface area contributed by atoms with Gasteiger partial charge < -0.3 is 25.5 Å². The van der Waals surface area contributed by atoms with Crippen LogP contribution in [0.1, 0.15) is 0 Å². The summed E-state index contributed by atoms with van der Waals surface area (Å²) in [6.07, 6.45) is -1.94. The van der Waals surface area contributed by atoms with Crippen LogP contribution in [-0.2, 0) is 4.79 Å². The first-order valence-corrected chi connectivity index (χ1v) is 5.91. The Morgan fingerprint density at radius 2 is 1.60 bits per heavy atom. The molecular formula is C6H9Br3O6. The van der Waals surface area contributed by atoms with Crippen LogP contribution in [0.3, 0.4) is 0 Å². The lowest BCUT2D eigenvalue weighted by atomic mass is 10.0. The first-order chi connectivity index (χ1) is 6.54. The Morgan fingerprint density at radius 3 is 1.87 bits per heavy atom. The number of hydrogen-bond acceptors (Lipinski definition) is 6. The molecule has 0 radical (unpaired) electrons. The zero-order valence-electron chi connectivity index (χ0n) is 7.14. The molecule has 0 aliphatic heterocycles. The molecule has 15 heavy (non-hydrogen) atoms. The second-order valence-electron chi connectivity index (χ2n) is 2.79. The van der Waals surface area contributed by atoms with Crippen LogP contribution in [0, 0.1) is 0 Å². The molecule has 0 bridgehead atoms.